The maximum absolute atomic E-state index is 13.0. The Hall–Kier alpha value is -2.13. The molecule has 112 valence electrons. The first kappa shape index (κ1) is 13.5. The van der Waals surface area contributed by atoms with Crippen molar-refractivity contribution in [3.8, 4) is 0 Å². The van der Waals surface area contributed by atoms with E-state index in [0.29, 0.717) is 13.0 Å². The Morgan fingerprint density at radius 1 is 0.909 bits per heavy atom. The molecule has 0 saturated carbocycles. The van der Waals surface area contributed by atoms with Crippen molar-refractivity contribution in [2.45, 2.75) is 25.4 Å². The number of rotatable bonds is 1. The predicted molar refractivity (Wildman–Crippen MR) is 85.8 cm³/mol. The summed E-state index contributed by atoms with van der Waals surface area (Å²) in [5.74, 6) is 0.137. The summed E-state index contributed by atoms with van der Waals surface area (Å²) in [6.45, 7) is 0.405. The third kappa shape index (κ3) is 2.22. The van der Waals surface area contributed by atoms with Crippen LogP contribution in [0.1, 0.15) is 16.7 Å². The van der Waals surface area contributed by atoms with Crippen molar-refractivity contribution in [3.05, 3.63) is 65.2 Å². The summed E-state index contributed by atoms with van der Waals surface area (Å²) in [4.78, 5) is 14.8. The SMILES string of the molecule is O=C(C1Cc2ccccc2C1)N1CC(O)Cc2ccccc21. The van der Waals surface area contributed by atoms with Crippen LogP contribution < -0.4 is 4.90 Å². The molecule has 2 aliphatic rings. The molecule has 1 N–H and O–H groups in total. The van der Waals surface area contributed by atoms with Crippen molar-refractivity contribution in [3.63, 3.8) is 0 Å². The molecule has 0 spiro atoms. The normalized spacial score (nSPS) is 20.6. The number of carbonyl (C=O) groups excluding carboxylic acids is 1. The van der Waals surface area contributed by atoms with Crippen LogP contribution in [0.15, 0.2) is 48.5 Å². The fraction of sp³-hybridized carbons (Fsp3) is 0.316. The highest BCUT2D eigenvalue weighted by atomic mass is 16.3. The summed E-state index contributed by atoms with van der Waals surface area (Å²) >= 11 is 0. The van der Waals surface area contributed by atoms with Crippen molar-refractivity contribution >= 4 is 11.6 Å². The van der Waals surface area contributed by atoms with E-state index in [1.165, 1.54) is 11.1 Å². The summed E-state index contributed by atoms with van der Waals surface area (Å²) < 4.78 is 0. The monoisotopic (exact) mass is 293 g/mol. The molecule has 1 aliphatic heterocycles. The summed E-state index contributed by atoms with van der Waals surface area (Å²) in [6.07, 6.45) is 1.78. The minimum atomic E-state index is -0.470. The van der Waals surface area contributed by atoms with Crippen LogP contribution in [-0.2, 0) is 24.1 Å². The van der Waals surface area contributed by atoms with Crippen molar-refractivity contribution in [1.29, 1.82) is 0 Å². The van der Waals surface area contributed by atoms with Crippen LogP contribution in [0, 0.1) is 5.92 Å². The molecule has 1 aliphatic carbocycles. The second-order valence-corrected chi connectivity index (χ2v) is 6.31. The molecule has 1 unspecified atom stereocenters. The molecule has 0 saturated heterocycles. The zero-order chi connectivity index (χ0) is 15.1. The zero-order valence-corrected chi connectivity index (χ0v) is 12.4. The minimum absolute atomic E-state index is 0.00393. The summed E-state index contributed by atoms with van der Waals surface area (Å²) in [6, 6.07) is 16.2. The average molecular weight is 293 g/mol. The van der Waals surface area contributed by atoms with Gasteiger partial charge in [-0.3, -0.25) is 4.79 Å². The first-order valence-electron chi connectivity index (χ1n) is 7.86. The van der Waals surface area contributed by atoms with Gasteiger partial charge in [-0.05, 0) is 35.6 Å². The predicted octanol–water partition coefficient (Wildman–Crippen LogP) is 2.35. The number of aliphatic hydroxyl groups is 1. The highest BCUT2D eigenvalue weighted by molar-refractivity contribution is 5.97. The van der Waals surface area contributed by atoms with Crippen molar-refractivity contribution in [2.75, 3.05) is 11.4 Å². The topological polar surface area (TPSA) is 40.5 Å². The highest BCUT2D eigenvalue weighted by Gasteiger charge is 2.34. The van der Waals surface area contributed by atoms with Gasteiger partial charge in [0.1, 0.15) is 0 Å². The molecule has 22 heavy (non-hydrogen) atoms. The Morgan fingerprint density at radius 3 is 2.18 bits per heavy atom. The van der Waals surface area contributed by atoms with Crippen molar-refractivity contribution in [1.82, 2.24) is 0 Å². The molecular weight excluding hydrogens is 274 g/mol. The zero-order valence-electron chi connectivity index (χ0n) is 12.4. The highest BCUT2D eigenvalue weighted by Crippen LogP contribution is 2.32. The second kappa shape index (κ2) is 5.25. The Morgan fingerprint density at radius 2 is 1.50 bits per heavy atom. The lowest BCUT2D eigenvalue weighted by Gasteiger charge is -2.34. The number of aliphatic hydroxyl groups excluding tert-OH is 1. The van der Waals surface area contributed by atoms with Gasteiger partial charge >= 0.3 is 0 Å². The summed E-state index contributed by atoms with van der Waals surface area (Å²) in [5, 5.41) is 10.1. The van der Waals surface area contributed by atoms with E-state index in [2.05, 4.69) is 12.1 Å². The molecule has 1 heterocycles. The van der Waals surface area contributed by atoms with E-state index in [4.69, 9.17) is 0 Å². The van der Waals surface area contributed by atoms with Gasteiger partial charge in [-0.15, -0.1) is 0 Å². The number of anilines is 1. The number of hydrogen-bond donors (Lipinski definition) is 1. The number of amides is 1. The molecule has 1 amide bonds. The first-order valence-corrected chi connectivity index (χ1v) is 7.86. The van der Waals surface area contributed by atoms with Crippen LogP contribution in [-0.4, -0.2) is 23.7 Å². The van der Waals surface area contributed by atoms with Crippen LogP contribution in [0.5, 0.6) is 0 Å². The fourth-order valence-corrected chi connectivity index (χ4v) is 3.74. The van der Waals surface area contributed by atoms with Gasteiger partial charge < -0.3 is 10.0 Å². The number of nitrogens with zero attached hydrogens (tertiary/aromatic N) is 1. The largest absolute Gasteiger partial charge is 0.391 e. The molecule has 0 aromatic heterocycles. The Kier molecular flexibility index (Phi) is 3.23. The van der Waals surface area contributed by atoms with Crippen molar-refractivity contribution in [2.24, 2.45) is 5.92 Å². The molecule has 1 atom stereocenters. The van der Waals surface area contributed by atoms with Gasteiger partial charge in [0.25, 0.3) is 0 Å². The van der Waals surface area contributed by atoms with Gasteiger partial charge in [0.2, 0.25) is 5.91 Å². The van der Waals surface area contributed by atoms with E-state index in [1.54, 1.807) is 4.90 Å². The van der Waals surface area contributed by atoms with Gasteiger partial charge in [0.05, 0.1) is 12.6 Å². The van der Waals surface area contributed by atoms with E-state index in [-0.39, 0.29) is 11.8 Å². The van der Waals surface area contributed by atoms with Gasteiger partial charge in [-0.25, -0.2) is 0 Å². The summed E-state index contributed by atoms with van der Waals surface area (Å²) in [5.41, 5.74) is 4.59. The second-order valence-electron chi connectivity index (χ2n) is 6.31. The van der Waals surface area contributed by atoms with Crippen LogP contribution >= 0.6 is 0 Å². The Labute approximate surface area is 130 Å². The molecule has 0 radical (unpaired) electrons. The van der Waals surface area contributed by atoms with Gasteiger partial charge in [0.15, 0.2) is 0 Å². The Bertz CT molecular complexity index is 700. The number of fused-ring (bicyclic) bond motifs is 2. The maximum atomic E-state index is 13.0. The molecule has 2 aromatic rings. The number of para-hydroxylation sites is 1. The van der Waals surface area contributed by atoms with Crippen LogP contribution in [0.3, 0.4) is 0 Å². The number of carbonyl (C=O) groups is 1. The minimum Gasteiger partial charge on any atom is -0.391 e. The first-order chi connectivity index (χ1) is 10.7. The lowest BCUT2D eigenvalue weighted by molar-refractivity contribution is -0.122. The van der Waals surface area contributed by atoms with Crippen LogP contribution in [0.2, 0.25) is 0 Å². The lowest BCUT2D eigenvalue weighted by atomic mass is 9.96. The van der Waals surface area contributed by atoms with Gasteiger partial charge in [-0.2, -0.15) is 0 Å². The smallest absolute Gasteiger partial charge is 0.230 e. The van der Waals surface area contributed by atoms with Crippen LogP contribution in [0.4, 0.5) is 5.69 Å². The van der Waals surface area contributed by atoms with E-state index in [0.717, 1.165) is 24.1 Å². The molecular formula is C19H19NO2. The average Bonchev–Trinajstić information content (AvgIpc) is 2.97. The molecule has 2 aromatic carbocycles. The standard InChI is InChI=1S/C19H19NO2/c21-17-11-15-7-3-4-8-18(15)20(12-17)19(22)16-9-13-5-1-2-6-14(13)10-16/h1-8,16-17,21H,9-12H2. The van der Waals surface area contributed by atoms with Gasteiger partial charge in [-0.1, -0.05) is 42.5 Å². The number of benzene rings is 2. The number of hydrogen-bond acceptors (Lipinski definition) is 2. The van der Waals surface area contributed by atoms with E-state index < -0.39 is 6.10 Å². The third-order valence-corrected chi connectivity index (χ3v) is 4.80. The molecule has 0 fully saturated rings. The lowest BCUT2D eigenvalue weighted by Crippen LogP contribution is -2.45. The number of β-amino-alcohol motifs (C(OH)–C–C–N with tert-alkyl or cyclic N) is 1. The maximum Gasteiger partial charge on any atom is 0.230 e. The van der Waals surface area contributed by atoms with E-state index in [1.807, 2.05) is 36.4 Å². The fourth-order valence-electron chi connectivity index (χ4n) is 3.74. The molecule has 3 nitrogen and oxygen atoms in total. The van der Waals surface area contributed by atoms with Crippen LogP contribution in [0.25, 0.3) is 0 Å². The van der Waals surface area contributed by atoms with E-state index >= 15 is 0 Å². The third-order valence-electron chi connectivity index (χ3n) is 4.80. The van der Waals surface area contributed by atoms with Crippen molar-refractivity contribution < 1.29 is 9.90 Å². The molecule has 3 heteroatoms. The van der Waals surface area contributed by atoms with E-state index in [9.17, 15) is 9.90 Å². The Balaban J connectivity index is 1.62. The van der Waals surface area contributed by atoms with Gasteiger partial charge in [0, 0.05) is 18.0 Å². The molecule has 4 rings (SSSR count). The quantitative estimate of drug-likeness (QED) is 0.877. The summed E-state index contributed by atoms with van der Waals surface area (Å²) in [7, 11) is 0. The molecule has 0 bridgehead atoms.